The van der Waals surface area contributed by atoms with Gasteiger partial charge in [-0.15, -0.1) is 13.2 Å². The zero-order valence-corrected chi connectivity index (χ0v) is 35.0. The average Bonchev–Trinajstić information content (AvgIpc) is 3.91. The lowest BCUT2D eigenvalue weighted by atomic mass is 9.92. The summed E-state index contributed by atoms with van der Waals surface area (Å²) in [6, 6.07) is 11.0. The number of ether oxygens (including phenoxy) is 3. The van der Waals surface area contributed by atoms with E-state index in [0.717, 1.165) is 6.07 Å². The molecule has 0 radical (unpaired) electrons. The second-order valence-corrected chi connectivity index (χ2v) is 15.6. The molecule has 2 aromatic carbocycles. The Morgan fingerprint density at radius 3 is 2.27 bits per heavy atom. The SMILES string of the molecule is COC(=O)NCC(=O)N1CC(OC)CC1c1nc(-c2ccc(-c3cc(Cl)c(NC(=O)c4ccc(N5CCN(C(=O)C(C)(C)CO)CC5)nc4)cc3OC(F)(F)F)cc2)c(CO)[nH]1. The number of imidazole rings is 1. The number of likely N-dealkylation sites (tertiary alicyclic amines) is 1. The third-order valence-corrected chi connectivity index (χ3v) is 11.0. The smallest absolute Gasteiger partial charge is 0.453 e. The first-order valence-electron chi connectivity index (χ1n) is 19.4. The summed E-state index contributed by atoms with van der Waals surface area (Å²) in [7, 11) is 2.69. The standard InChI is InChI=1S/C41H46ClF3N8O9/c1-40(2,22-55)38(58)52-13-11-51(12-14-52)33-10-9-25(18-46-33)37(57)49-29-17-32(62-41(43,44)45)27(16-28(29)42)23-5-7-24(8-6-23)35-30(21-54)48-36(50-35)31-15-26(60-3)20-53(31)34(56)19-47-39(59)61-4/h5-10,16-18,26,31,54-55H,11-15,19-22H2,1-4H3,(H,47,59)(H,48,50)(H,49,57). The fraction of sp³-hybridized carbons (Fsp3) is 0.415. The number of piperazine rings is 1. The number of pyridine rings is 1. The normalized spacial score (nSPS) is 16.9. The molecule has 4 amide bonds. The predicted octanol–water partition coefficient (Wildman–Crippen LogP) is 4.75. The minimum Gasteiger partial charge on any atom is -0.453 e. The van der Waals surface area contributed by atoms with Gasteiger partial charge in [-0.2, -0.15) is 0 Å². The molecular formula is C41H46ClF3N8O9. The number of hydrogen-bond donors (Lipinski definition) is 5. The van der Waals surface area contributed by atoms with Crippen molar-refractivity contribution in [3.63, 3.8) is 0 Å². The number of amides is 4. The Bertz CT molecular complexity index is 2270. The molecule has 2 fully saturated rings. The number of H-pyrrole nitrogens is 1. The number of methoxy groups -OCH3 is 2. The highest BCUT2D eigenvalue weighted by atomic mass is 35.5. The molecular weight excluding hydrogens is 841 g/mol. The van der Waals surface area contributed by atoms with Crippen LogP contribution in [-0.2, 0) is 25.7 Å². The average molecular weight is 887 g/mol. The van der Waals surface area contributed by atoms with Gasteiger partial charge in [0.15, 0.2) is 0 Å². The molecule has 0 saturated carbocycles. The number of carbonyl (C=O) groups is 4. The maximum absolute atomic E-state index is 13.8. The lowest BCUT2D eigenvalue weighted by Crippen LogP contribution is -2.53. The summed E-state index contributed by atoms with van der Waals surface area (Å²) in [4.78, 5) is 68.0. The van der Waals surface area contributed by atoms with Crippen LogP contribution in [0.3, 0.4) is 0 Å². The Kier molecular flexibility index (Phi) is 13.9. The van der Waals surface area contributed by atoms with Crippen LogP contribution < -0.4 is 20.3 Å². The van der Waals surface area contributed by atoms with E-state index in [1.807, 2.05) is 4.90 Å². The highest BCUT2D eigenvalue weighted by Gasteiger charge is 2.39. The van der Waals surface area contributed by atoms with Gasteiger partial charge in [-0.3, -0.25) is 14.4 Å². The predicted molar refractivity (Wildman–Crippen MR) is 219 cm³/mol. The van der Waals surface area contributed by atoms with Crippen molar-refractivity contribution in [2.24, 2.45) is 5.41 Å². The summed E-state index contributed by atoms with van der Waals surface area (Å²) in [6.45, 7) is 4.31. The van der Waals surface area contributed by atoms with Crippen LogP contribution in [-0.4, -0.2) is 131 Å². The van der Waals surface area contributed by atoms with Gasteiger partial charge in [-0.1, -0.05) is 35.9 Å². The molecule has 2 atom stereocenters. The van der Waals surface area contributed by atoms with Gasteiger partial charge in [-0.25, -0.2) is 14.8 Å². The van der Waals surface area contributed by atoms with Gasteiger partial charge >= 0.3 is 12.5 Å². The van der Waals surface area contributed by atoms with E-state index in [2.05, 4.69) is 30.1 Å². The number of rotatable bonds is 13. The molecule has 6 rings (SSSR count). The molecule has 62 heavy (non-hydrogen) atoms. The highest BCUT2D eigenvalue weighted by Crippen LogP contribution is 2.41. The van der Waals surface area contributed by atoms with Gasteiger partial charge < -0.3 is 54.7 Å². The first-order chi connectivity index (χ1) is 29.4. The molecule has 0 bridgehead atoms. The number of benzene rings is 2. The highest BCUT2D eigenvalue weighted by molar-refractivity contribution is 6.34. The number of nitrogens with zero attached hydrogens (tertiary/aromatic N) is 5. The molecule has 5 N–H and O–H groups in total. The zero-order valence-electron chi connectivity index (χ0n) is 34.2. The van der Waals surface area contributed by atoms with E-state index in [-0.39, 0.29) is 59.1 Å². The van der Waals surface area contributed by atoms with E-state index >= 15 is 0 Å². The summed E-state index contributed by atoms with van der Waals surface area (Å²) in [5, 5.41) is 24.6. The number of nitrogens with one attached hydrogen (secondary N) is 3. The second kappa shape index (κ2) is 19.0. The molecule has 17 nitrogen and oxygen atoms in total. The van der Waals surface area contributed by atoms with Crippen molar-refractivity contribution in [2.45, 2.75) is 45.4 Å². The Balaban J connectivity index is 1.18. The van der Waals surface area contributed by atoms with Gasteiger partial charge in [0, 0.05) is 69.6 Å². The van der Waals surface area contributed by atoms with Crippen molar-refractivity contribution in [1.29, 1.82) is 0 Å². The molecule has 2 aliphatic rings. The molecule has 332 valence electrons. The van der Waals surface area contributed by atoms with Crippen LogP contribution in [0.2, 0.25) is 5.02 Å². The Morgan fingerprint density at radius 1 is 0.984 bits per heavy atom. The maximum Gasteiger partial charge on any atom is 0.573 e. The summed E-state index contributed by atoms with van der Waals surface area (Å²) >= 11 is 6.56. The number of alkyl carbamates (subject to hydrolysis) is 1. The quantitative estimate of drug-likeness (QED) is 0.123. The van der Waals surface area contributed by atoms with Crippen molar-refractivity contribution in [1.82, 2.24) is 30.1 Å². The number of carbonyl (C=O) groups excluding carboxylic acids is 4. The monoisotopic (exact) mass is 886 g/mol. The maximum atomic E-state index is 13.8. The van der Waals surface area contributed by atoms with E-state index < -0.39 is 48.1 Å². The van der Waals surface area contributed by atoms with Gasteiger partial charge in [0.2, 0.25) is 11.8 Å². The van der Waals surface area contributed by atoms with Crippen LogP contribution >= 0.6 is 11.6 Å². The molecule has 4 heterocycles. The Hall–Kier alpha value is -5.96. The van der Waals surface area contributed by atoms with Crippen molar-refractivity contribution >= 4 is 46.9 Å². The summed E-state index contributed by atoms with van der Waals surface area (Å²) in [5.41, 5.74) is 0.421. The summed E-state index contributed by atoms with van der Waals surface area (Å²) < 4.78 is 55.7. The van der Waals surface area contributed by atoms with Crippen LogP contribution in [0.4, 0.5) is 29.5 Å². The number of aromatic amines is 1. The molecule has 2 unspecified atom stereocenters. The molecule has 21 heteroatoms. The minimum absolute atomic E-state index is 0.0407. The van der Waals surface area contributed by atoms with Crippen LogP contribution in [0, 0.1) is 5.41 Å². The van der Waals surface area contributed by atoms with Crippen molar-refractivity contribution in [3.8, 4) is 28.1 Å². The largest absolute Gasteiger partial charge is 0.573 e. The van der Waals surface area contributed by atoms with Gasteiger partial charge in [0.05, 0.1) is 65.5 Å². The number of anilines is 2. The van der Waals surface area contributed by atoms with E-state index in [0.29, 0.717) is 61.2 Å². The first kappa shape index (κ1) is 45.6. The number of halogens is 4. The van der Waals surface area contributed by atoms with E-state index in [4.69, 9.17) is 21.3 Å². The Labute approximate surface area is 359 Å². The van der Waals surface area contributed by atoms with E-state index in [1.54, 1.807) is 36.9 Å². The van der Waals surface area contributed by atoms with Crippen molar-refractivity contribution in [2.75, 3.05) is 70.3 Å². The summed E-state index contributed by atoms with van der Waals surface area (Å²) in [6.07, 6.45) is -4.52. The minimum atomic E-state index is -5.11. The third kappa shape index (κ3) is 10.4. The third-order valence-electron chi connectivity index (χ3n) is 10.6. The van der Waals surface area contributed by atoms with E-state index in [1.165, 1.54) is 49.6 Å². The number of hydrogen-bond acceptors (Lipinski definition) is 12. The molecule has 0 spiro atoms. The topological polar surface area (TPSA) is 212 Å². The first-order valence-corrected chi connectivity index (χ1v) is 19.8. The number of alkyl halides is 3. The lowest BCUT2D eigenvalue weighted by molar-refractivity contribution is -0.274. The fourth-order valence-electron chi connectivity index (χ4n) is 7.19. The van der Waals surface area contributed by atoms with E-state index in [9.17, 15) is 42.6 Å². The fourth-order valence-corrected chi connectivity index (χ4v) is 7.40. The van der Waals surface area contributed by atoms with Crippen LogP contribution in [0.5, 0.6) is 5.75 Å². The molecule has 4 aromatic rings. The zero-order chi connectivity index (χ0) is 44.9. The van der Waals surface area contributed by atoms with Gasteiger partial charge in [-0.05, 0) is 37.6 Å². The number of aliphatic hydroxyl groups is 2. The van der Waals surface area contributed by atoms with Crippen LogP contribution in [0.25, 0.3) is 22.4 Å². The molecule has 2 saturated heterocycles. The van der Waals surface area contributed by atoms with Crippen molar-refractivity contribution < 1.29 is 56.8 Å². The Morgan fingerprint density at radius 2 is 1.68 bits per heavy atom. The molecule has 2 aliphatic heterocycles. The molecule has 0 aliphatic carbocycles. The van der Waals surface area contributed by atoms with Crippen molar-refractivity contribution in [3.05, 3.63) is 76.8 Å². The van der Waals surface area contributed by atoms with Gasteiger partial charge in [0.1, 0.15) is 23.9 Å². The number of aliphatic hydroxyl groups excluding tert-OH is 2. The number of aromatic nitrogens is 3. The van der Waals surface area contributed by atoms with Crippen LogP contribution in [0.15, 0.2) is 54.7 Å². The molecule has 2 aromatic heterocycles. The lowest BCUT2D eigenvalue weighted by Gasteiger charge is -2.38. The van der Waals surface area contributed by atoms with Crippen LogP contribution in [0.1, 0.15) is 48.2 Å². The van der Waals surface area contributed by atoms with Gasteiger partial charge in [0.25, 0.3) is 5.91 Å². The summed E-state index contributed by atoms with van der Waals surface area (Å²) in [5.74, 6) is -0.988. The second-order valence-electron chi connectivity index (χ2n) is 15.2.